The standard InChI is InChI=1S/C9H14N2O/c1-4-7(2)8-5-10-6-9(11-8)12-3/h5-7H,4H2,1-3H3. The van der Waals surface area contributed by atoms with Crippen molar-refractivity contribution in [3.63, 3.8) is 0 Å². The van der Waals surface area contributed by atoms with Gasteiger partial charge in [-0.05, 0) is 12.3 Å². The number of rotatable bonds is 3. The molecule has 0 spiro atoms. The van der Waals surface area contributed by atoms with Gasteiger partial charge in [0.1, 0.15) is 0 Å². The molecule has 3 nitrogen and oxygen atoms in total. The van der Waals surface area contributed by atoms with Crippen molar-refractivity contribution in [2.75, 3.05) is 7.11 Å². The first-order valence-electron chi connectivity index (χ1n) is 4.13. The van der Waals surface area contributed by atoms with Crippen LogP contribution in [0.2, 0.25) is 0 Å². The van der Waals surface area contributed by atoms with Gasteiger partial charge in [0.2, 0.25) is 5.88 Å². The fourth-order valence-electron chi connectivity index (χ4n) is 0.907. The van der Waals surface area contributed by atoms with E-state index >= 15 is 0 Å². The van der Waals surface area contributed by atoms with Crippen LogP contribution in [0.1, 0.15) is 31.9 Å². The lowest BCUT2D eigenvalue weighted by atomic mass is 10.1. The third-order valence-electron chi connectivity index (χ3n) is 1.96. The van der Waals surface area contributed by atoms with Gasteiger partial charge in [0, 0.05) is 6.20 Å². The van der Waals surface area contributed by atoms with Crippen LogP contribution in [0.25, 0.3) is 0 Å². The summed E-state index contributed by atoms with van der Waals surface area (Å²) in [5.41, 5.74) is 0.997. The Kier molecular flexibility index (Phi) is 3.02. The van der Waals surface area contributed by atoms with E-state index in [9.17, 15) is 0 Å². The average Bonchev–Trinajstić information content (AvgIpc) is 2.17. The molecule has 0 radical (unpaired) electrons. The molecule has 0 fully saturated rings. The summed E-state index contributed by atoms with van der Waals surface area (Å²) in [7, 11) is 1.60. The molecule has 0 N–H and O–H groups in total. The fraction of sp³-hybridized carbons (Fsp3) is 0.556. The second-order valence-electron chi connectivity index (χ2n) is 2.80. The van der Waals surface area contributed by atoms with E-state index < -0.39 is 0 Å². The highest BCUT2D eigenvalue weighted by Crippen LogP contribution is 2.16. The Morgan fingerprint density at radius 3 is 2.83 bits per heavy atom. The van der Waals surface area contributed by atoms with Crippen molar-refractivity contribution >= 4 is 0 Å². The van der Waals surface area contributed by atoms with E-state index in [2.05, 4.69) is 23.8 Å². The van der Waals surface area contributed by atoms with E-state index in [1.165, 1.54) is 0 Å². The first kappa shape index (κ1) is 8.97. The molecule has 1 unspecified atom stereocenters. The predicted molar refractivity (Wildman–Crippen MR) is 47.3 cm³/mol. The van der Waals surface area contributed by atoms with Gasteiger partial charge >= 0.3 is 0 Å². The molecule has 3 heteroatoms. The zero-order valence-corrected chi connectivity index (χ0v) is 7.74. The van der Waals surface area contributed by atoms with E-state index in [0.29, 0.717) is 11.8 Å². The highest BCUT2D eigenvalue weighted by atomic mass is 16.5. The summed E-state index contributed by atoms with van der Waals surface area (Å²) in [6, 6.07) is 0. The second-order valence-corrected chi connectivity index (χ2v) is 2.80. The Morgan fingerprint density at radius 2 is 2.25 bits per heavy atom. The van der Waals surface area contributed by atoms with Crippen molar-refractivity contribution in [2.45, 2.75) is 26.2 Å². The zero-order valence-electron chi connectivity index (χ0n) is 7.74. The molecule has 1 atom stereocenters. The molecular formula is C9H14N2O. The molecule has 0 aromatic carbocycles. The van der Waals surface area contributed by atoms with Crippen molar-refractivity contribution < 1.29 is 4.74 Å². The maximum absolute atomic E-state index is 4.98. The van der Waals surface area contributed by atoms with Crippen LogP contribution < -0.4 is 4.74 Å². The highest BCUT2D eigenvalue weighted by Gasteiger charge is 2.05. The minimum atomic E-state index is 0.451. The minimum Gasteiger partial charge on any atom is -0.480 e. The molecule has 1 aromatic heterocycles. The Labute approximate surface area is 72.8 Å². The minimum absolute atomic E-state index is 0.451. The van der Waals surface area contributed by atoms with Gasteiger partial charge in [0.15, 0.2) is 0 Å². The number of nitrogens with zero attached hydrogens (tertiary/aromatic N) is 2. The molecule has 0 amide bonds. The van der Waals surface area contributed by atoms with Crippen LogP contribution in [-0.2, 0) is 0 Å². The molecule has 12 heavy (non-hydrogen) atoms. The summed E-state index contributed by atoms with van der Waals surface area (Å²) < 4.78 is 4.98. The molecular weight excluding hydrogens is 152 g/mol. The Balaban J connectivity index is 2.86. The number of hydrogen-bond donors (Lipinski definition) is 0. The number of aromatic nitrogens is 2. The highest BCUT2D eigenvalue weighted by molar-refractivity contribution is 5.11. The van der Waals surface area contributed by atoms with Crippen LogP contribution in [0, 0.1) is 0 Å². The van der Waals surface area contributed by atoms with E-state index in [4.69, 9.17) is 4.74 Å². The lowest BCUT2D eigenvalue weighted by molar-refractivity contribution is 0.392. The average molecular weight is 166 g/mol. The van der Waals surface area contributed by atoms with Crippen molar-refractivity contribution in [3.05, 3.63) is 18.1 Å². The normalized spacial score (nSPS) is 12.6. The van der Waals surface area contributed by atoms with Crippen LogP contribution in [0.4, 0.5) is 0 Å². The van der Waals surface area contributed by atoms with Crippen molar-refractivity contribution in [1.29, 1.82) is 0 Å². The molecule has 1 rings (SSSR count). The van der Waals surface area contributed by atoms with E-state index in [-0.39, 0.29) is 0 Å². The molecule has 66 valence electrons. The van der Waals surface area contributed by atoms with E-state index in [0.717, 1.165) is 12.1 Å². The molecule has 0 saturated heterocycles. The summed E-state index contributed by atoms with van der Waals surface area (Å²) in [4.78, 5) is 8.31. The van der Waals surface area contributed by atoms with Crippen LogP contribution >= 0.6 is 0 Å². The summed E-state index contributed by atoms with van der Waals surface area (Å²) in [5, 5.41) is 0. The summed E-state index contributed by atoms with van der Waals surface area (Å²) >= 11 is 0. The molecule has 0 bridgehead atoms. The number of ether oxygens (including phenoxy) is 1. The predicted octanol–water partition coefficient (Wildman–Crippen LogP) is 2.00. The maximum Gasteiger partial charge on any atom is 0.232 e. The van der Waals surface area contributed by atoms with Crippen molar-refractivity contribution in [3.8, 4) is 5.88 Å². The smallest absolute Gasteiger partial charge is 0.232 e. The Bertz CT molecular complexity index is 250. The van der Waals surface area contributed by atoms with Gasteiger partial charge in [-0.1, -0.05) is 13.8 Å². The van der Waals surface area contributed by atoms with Gasteiger partial charge in [-0.3, -0.25) is 4.98 Å². The summed E-state index contributed by atoms with van der Waals surface area (Å²) in [6.45, 7) is 4.26. The molecule has 0 aliphatic heterocycles. The van der Waals surface area contributed by atoms with Gasteiger partial charge in [-0.15, -0.1) is 0 Å². The molecule has 1 aromatic rings. The van der Waals surface area contributed by atoms with Gasteiger partial charge in [0.05, 0.1) is 19.0 Å². The quantitative estimate of drug-likeness (QED) is 0.688. The Hall–Kier alpha value is -1.12. The SMILES string of the molecule is CCC(C)c1cncc(OC)n1. The number of hydrogen-bond acceptors (Lipinski definition) is 3. The Morgan fingerprint density at radius 1 is 1.50 bits per heavy atom. The van der Waals surface area contributed by atoms with Crippen LogP contribution in [0.3, 0.4) is 0 Å². The van der Waals surface area contributed by atoms with Gasteiger partial charge in [-0.2, -0.15) is 0 Å². The van der Waals surface area contributed by atoms with Crippen LogP contribution in [0.15, 0.2) is 12.4 Å². The second kappa shape index (κ2) is 4.04. The largest absolute Gasteiger partial charge is 0.480 e. The zero-order chi connectivity index (χ0) is 8.97. The topological polar surface area (TPSA) is 35.0 Å². The van der Waals surface area contributed by atoms with Crippen molar-refractivity contribution in [2.24, 2.45) is 0 Å². The number of methoxy groups -OCH3 is 1. The van der Waals surface area contributed by atoms with Crippen LogP contribution in [0.5, 0.6) is 5.88 Å². The first-order valence-corrected chi connectivity index (χ1v) is 4.13. The monoisotopic (exact) mass is 166 g/mol. The lowest BCUT2D eigenvalue weighted by Crippen LogP contribution is -1.98. The first-order chi connectivity index (χ1) is 5.77. The maximum atomic E-state index is 4.98. The lowest BCUT2D eigenvalue weighted by Gasteiger charge is -2.07. The van der Waals surface area contributed by atoms with Crippen molar-refractivity contribution in [1.82, 2.24) is 9.97 Å². The van der Waals surface area contributed by atoms with Gasteiger partial charge in [-0.25, -0.2) is 4.98 Å². The third kappa shape index (κ3) is 1.94. The van der Waals surface area contributed by atoms with E-state index in [1.54, 1.807) is 19.5 Å². The molecule has 0 saturated carbocycles. The fourth-order valence-corrected chi connectivity index (χ4v) is 0.907. The molecule has 0 aliphatic rings. The summed E-state index contributed by atoms with van der Waals surface area (Å²) in [6.07, 6.45) is 4.48. The van der Waals surface area contributed by atoms with Gasteiger partial charge in [0.25, 0.3) is 0 Å². The molecule has 0 aliphatic carbocycles. The van der Waals surface area contributed by atoms with Crippen LogP contribution in [-0.4, -0.2) is 17.1 Å². The van der Waals surface area contributed by atoms with Gasteiger partial charge < -0.3 is 4.74 Å². The van der Waals surface area contributed by atoms with E-state index in [1.807, 2.05) is 0 Å². The third-order valence-corrected chi connectivity index (χ3v) is 1.96. The summed E-state index contributed by atoms with van der Waals surface area (Å²) in [5.74, 6) is 1.04. The molecule has 1 heterocycles.